The number of rotatable bonds is 13. The van der Waals surface area contributed by atoms with Crippen molar-refractivity contribution >= 4 is 35.4 Å². The molecule has 3 rings (SSSR count). The number of anilines is 1. The minimum atomic E-state index is -1.02. The molecule has 0 aromatic heterocycles. The van der Waals surface area contributed by atoms with E-state index in [4.69, 9.17) is 14.6 Å². The topological polar surface area (TPSA) is 154 Å². The Balaban J connectivity index is 1.49. The van der Waals surface area contributed by atoms with E-state index in [0.29, 0.717) is 16.8 Å². The van der Waals surface area contributed by atoms with Gasteiger partial charge >= 0.3 is 5.97 Å². The average molecular weight is 519 g/mol. The third kappa shape index (κ3) is 8.25. The molecule has 0 unspecified atom stereocenters. The van der Waals surface area contributed by atoms with Crippen molar-refractivity contribution in [3.8, 4) is 23.0 Å². The predicted molar refractivity (Wildman–Crippen MR) is 141 cm³/mol. The summed E-state index contributed by atoms with van der Waals surface area (Å²) in [7, 11) is 1.42. The molecular weight excluding hydrogens is 492 g/mol. The summed E-state index contributed by atoms with van der Waals surface area (Å²) in [6.07, 6.45) is 5.26. The first-order valence-corrected chi connectivity index (χ1v) is 11.3. The molecule has 0 amide bonds. The number of hydrazine groups is 1. The van der Waals surface area contributed by atoms with Gasteiger partial charge in [-0.15, -0.1) is 0 Å². The molecule has 0 bridgehead atoms. The number of carbonyl (C=O) groups is 3. The van der Waals surface area contributed by atoms with Crippen LogP contribution in [-0.2, 0) is 9.59 Å². The van der Waals surface area contributed by atoms with E-state index in [1.807, 2.05) is 0 Å². The van der Waals surface area contributed by atoms with Gasteiger partial charge in [0.15, 0.2) is 41.3 Å². The molecule has 0 heterocycles. The molecule has 0 saturated carbocycles. The van der Waals surface area contributed by atoms with E-state index in [1.165, 1.54) is 61.7 Å². The summed E-state index contributed by atoms with van der Waals surface area (Å²) >= 11 is 0. The number of carboxylic acids is 1. The number of methoxy groups -OCH3 is 1. The second-order valence-electron chi connectivity index (χ2n) is 7.91. The van der Waals surface area contributed by atoms with Gasteiger partial charge in [-0.3, -0.25) is 9.59 Å². The summed E-state index contributed by atoms with van der Waals surface area (Å²) < 4.78 is 10.5. The molecular formula is C28H26N2O8. The minimum absolute atomic E-state index is 0.0168. The van der Waals surface area contributed by atoms with Gasteiger partial charge in [0.1, 0.15) is 0 Å². The first-order chi connectivity index (χ1) is 18.2. The largest absolute Gasteiger partial charge is 0.504 e. The Morgan fingerprint density at radius 1 is 0.816 bits per heavy atom. The number of nitrogens with one attached hydrogen (secondary N) is 2. The lowest BCUT2D eigenvalue weighted by atomic mass is 10.1. The van der Waals surface area contributed by atoms with Gasteiger partial charge in [-0.2, -0.15) is 0 Å². The fourth-order valence-corrected chi connectivity index (χ4v) is 3.16. The van der Waals surface area contributed by atoms with Crippen molar-refractivity contribution in [1.29, 1.82) is 0 Å². The molecule has 0 aliphatic heterocycles. The predicted octanol–water partition coefficient (Wildman–Crippen LogP) is 4.01. The Hall–Kier alpha value is -5.09. The molecule has 0 saturated heterocycles. The summed E-state index contributed by atoms with van der Waals surface area (Å²) in [5.74, 6) is -1.50. The maximum absolute atomic E-state index is 12.2. The van der Waals surface area contributed by atoms with Crippen LogP contribution in [0.25, 0.3) is 12.2 Å². The van der Waals surface area contributed by atoms with Crippen molar-refractivity contribution < 1.29 is 39.2 Å². The zero-order valence-corrected chi connectivity index (χ0v) is 20.4. The van der Waals surface area contributed by atoms with Gasteiger partial charge in [-0.05, 0) is 71.8 Å². The molecule has 0 radical (unpaired) electrons. The zero-order chi connectivity index (χ0) is 27.5. The van der Waals surface area contributed by atoms with E-state index < -0.39 is 17.5 Å². The van der Waals surface area contributed by atoms with Crippen LogP contribution in [0.1, 0.15) is 27.9 Å². The Morgan fingerprint density at radius 2 is 1.37 bits per heavy atom. The minimum Gasteiger partial charge on any atom is -0.504 e. The van der Waals surface area contributed by atoms with Crippen molar-refractivity contribution in [3.05, 3.63) is 89.5 Å². The average Bonchev–Trinajstić information content (AvgIpc) is 2.91. The van der Waals surface area contributed by atoms with Crippen LogP contribution >= 0.6 is 0 Å². The summed E-state index contributed by atoms with van der Waals surface area (Å²) in [5, 5.41) is 28.6. The summed E-state index contributed by atoms with van der Waals surface area (Å²) in [6, 6.07) is 15.2. The second kappa shape index (κ2) is 13.3. The number of aromatic carboxylic acids is 1. The van der Waals surface area contributed by atoms with Crippen molar-refractivity contribution in [2.45, 2.75) is 6.42 Å². The third-order valence-corrected chi connectivity index (χ3v) is 5.12. The lowest BCUT2D eigenvalue weighted by Gasteiger charge is -2.12. The summed E-state index contributed by atoms with van der Waals surface area (Å²) in [5.41, 5.74) is 7.61. The monoisotopic (exact) mass is 518 g/mol. The standard InChI is InChI=1S/C28H26N2O8/c1-37-26-14-18(4-12-24(26)33)2-10-22(31)16-23(32)11-3-19-5-13-25(34)27(15-19)38-17-29-30-21-8-6-20(7-9-21)28(35)36/h2-15,29-30,33-34H,16-17H2,1H3,(H,35,36)/b10-2+,11-3+. The SMILES string of the molecule is COc1cc(/C=C/C(=O)CC(=O)/C=C/c2ccc(O)c(OCNNc3ccc(C(=O)O)cc3)c2)ccc1O. The number of aromatic hydroxyl groups is 2. The molecule has 0 fully saturated rings. The maximum atomic E-state index is 12.2. The van der Waals surface area contributed by atoms with Crippen LogP contribution in [0.4, 0.5) is 5.69 Å². The zero-order valence-electron chi connectivity index (χ0n) is 20.4. The van der Waals surface area contributed by atoms with Crippen LogP contribution in [0.3, 0.4) is 0 Å². The first-order valence-electron chi connectivity index (χ1n) is 11.3. The highest BCUT2D eigenvalue weighted by Crippen LogP contribution is 2.28. The van der Waals surface area contributed by atoms with Gasteiger partial charge < -0.3 is 30.2 Å². The fraction of sp³-hybridized carbons (Fsp3) is 0.107. The van der Waals surface area contributed by atoms with E-state index >= 15 is 0 Å². The Kier molecular flexibility index (Phi) is 9.61. The highest BCUT2D eigenvalue weighted by Gasteiger charge is 2.07. The van der Waals surface area contributed by atoms with E-state index in [-0.39, 0.29) is 41.7 Å². The number of allylic oxidation sites excluding steroid dienone is 2. The first kappa shape index (κ1) is 27.5. The van der Waals surface area contributed by atoms with E-state index in [0.717, 1.165) is 0 Å². The smallest absolute Gasteiger partial charge is 0.335 e. The maximum Gasteiger partial charge on any atom is 0.335 e. The number of benzene rings is 3. The van der Waals surface area contributed by atoms with Crippen LogP contribution in [0.15, 0.2) is 72.8 Å². The molecule has 0 spiro atoms. The normalized spacial score (nSPS) is 11.0. The third-order valence-electron chi connectivity index (χ3n) is 5.12. The molecule has 10 nitrogen and oxygen atoms in total. The van der Waals surface area contributed by atoms with Crippen molar-refractivity contribution in [1.82, 2.24) is 5.43 Å². The van der Waals surface area contributed by atoms with Gasteiger partial charge in [0, 0.05) is 5.69 Å². The number of phenols is 2. The number of ether oxygens (including phenoxy) is 2. The Morgan fingerprint density at radius 3 is 1.92 bits per heavy atom. The lowest BCUT2D eigenvalue weighted by Crippen LogP contribution is -2.26. The molecule has 196 valence electrons. The molecule has 0 aliphatic rings. The highest BCUT2D eigenvalue weighted by molar-refractivity contribution is 6.10. The molecule has 38 heavy (non-hydrogen) atoms. The van der Waals surface area contributed by atoms with E-state index in [9.17, 15) is 24.6 Å². The van der Waals surface area contributed by atoms with E-state index in [2.05, 4.69) is 10.9 Å². The fourth-order valence-electron chi connectivity index (χ4n) is 3.16. The summed E-state index contributed by atoms with van der Waals surface area (Å²) in [6.45, 7) is -0.0336. The number of phenolic OH excluding ortho intramolecular Hbond substituents is 2. The van der Waals surface area contributed by atoms with Gasteiger partial charge in [0.25, 0.3) is 0 Å². The van der Waals surface area contributed by atoms with Crippen molar-refractivity contribution in [2.75, 3.05) is 19.3 Å². The van der Waals surface area contributed by atoms with Crippen molar-refractivity contribution in [3.63, 3.8) is 0 Å². The number of hydrogen-bond acceptors (Lipinski definition) is 9. The second-order valence-corrected chi connectivity index (χ2v) is 7.91. The molecule has 0 aliphatic carbocycles. The number of carboxylic acid groups (broad SMARTS) is 1. The highest BCUT2D eigenvalue weighted by atomic mass is 16.5. The molecule has 10 heteroatoms. The lowest BCUT2D eigenvalue weighted by molar-refractivity contribution is -0.121. The number of ketones is 2. The quantitative estimate of drug-likeness (QED) is 0.0737. The molecule has 3 aromatic rings. The van der Waals surface area contributed by atoms with Crippen LogP contribution in [0.2, 0.25) is 0 Å². The van der Waals surface area contributed by atoms with Gasteiger partial charge in [0.2, 0.25) is 0 Å². The van der Waals surface area contributed by atoms with Crippen LogP contribution in [0.5, 0.6) is 23.0 Å². The van der Waals surface area contributed by atoms with Gasteiger partial charge in [-0.25, -0.2) is 10.2 Å². The Labute approximate surface area is 218 Å². The van der Waals surface area contributed by atoms with Crippen LogP contribution < -0.4 is 20.3 Å². The molecule has 5 N–H and O–H groups in total. The van der Waals surface area contributed by atoms with Crippen LogP contribution in [0, 0.1) is 0 Å². The Bertz CT molecular complexity index is 1360. The van der Waals surface area contributed by atoms with E-state index in [1.54, 1.807) is 30.3 Å². The number of carbonyl (C=O) groups excluding carboxylic acids is 2. The number of hydrogen-bond donors (Lipinski definition) is 5. The van der Waals surface area contributed by atoms with Gasteiger partial charge in [-0.1, -0.05) is 24.3 Å². The summed E-state index contributed by atoms with van der Waals surface area (Å²) in [4.78, 5) is 35.2. The van der Waals surface area contributed by atoms with Crippen molar-refractivity contribution in [2.24, 2.45) is 0 Å². The molecule has 0 atom stereocenters. The van der Waals surface area contributed by atoms with Gasteiger partial charge in [0.05, 0.1) is 19.1 Å². The molecule has 3 aromatic carbocycles. The van der Waals surface area contributed by atoms with Crippen LogP contribution in [-0.4, -0.2) is 46.7 Å².